The lowest BCUT2D eigenvalue weighted by atomic mass is 10.1. The second-order valence-corrected chi connectivity index (χ2v) is 6.82. The van der Waals surface area contributed by atoms with E-state index in [1.54, 1.807) is 11.3 Å². The third-order valence-corrected chi connectivity index (χ3v) is 4.54. The number of amides is 2. The number of carbonyl (C=O) groups excluding carboxylic acids is 2. The van der Waals surface area contributed by atoms with E-state index in [0.29, 0.717) is 12.8 Å². The zero-order chi connectivity index (χ0) is 17.4. The Balaban J connectivity index is 2.52. The fourth-order valence-corrected chi connectivity index (χ4v) is 3.13. The van der Waals surface area contributed by atoms with Crippen LogP contribution < -0.4 is 5.32 Å². The normalized spacial score (nSPS) is 11.8. The van der Waals surface area contributed by atoms with E-state index in [0.717, 1.165) is 6.42 Å². The number of aryl methyl sites for hydroxylation is 2. The molecule has 2 amide bonds. The van der Waals surface area contributed by atoms with Crippen LogP contribution in [0.5, 0.6) is 0 Å². The summed E-state index contributed by atoms with van der Waals surface area (Å²) >= 11 is 1.71. The maximum Gasteiger partial charge on any atom is 0.326 e. The van der Waals surface area contributed by atoms with E-state index in [1.165, 1.54) is 28.5 Å². The predicted octanol–water partition coefficient (Wildman–Crippen LogP) is 1.82. The summed E-state index contributed by atoms with van der Waals surface area (Å²) in [5, 5.41) is 11.7. The number of nitrogens with one attached hydrogen (secondary N) is 1. The molecule has 0 aliphatic heterocycles. The summed E-state index contributed by atoms with van der Waals surface area (Å²) in [4.78, 5) is 38.2. The smallest absolute Gasteiger partial charge is 0.326 e. The van der Waals surface area contributed by atoms with Gasteiger partial charge in [-0.15, -0.1) is 11.3 Å². The van der Waals surface area contributed by atoms with E-state index >= 15 is 0 Å². The van der Waals surface area contributed by atoms with Gasteiger partial charge in [-0.05, 0) is 38.8 Å². The van der Waals surface area contributed by atoms with Gasteiger partial charge < -0.3 is 15.3 Å². The van der Waals surface area contributed by atoms with Crippen LogP contribution in [0.15, 0.2) is 12.1 Å². The van der Waals surface area contributed by atoms with Crippen molar-refractivity contribution < 1.29 is 19.5 Å². The lowest BCUT2D eigenvalue weighted by molar-refractivity contribution is -0.149. The number of carboxylic acids is 1. The highest BCUT2D eigenvalue weighted by Crippen LogP contribution is 2.17. The van der Waals surface area contributed by atoms with Crippen LogP contribution in [0.3, 0.4) is 0 Å². The van der Waals surface area contributed by atoms with Gasteiger partial charge in [0.2, 0.25) is 11.8 Å². The van der Waals surface area contributed by atoms with Crippen molar-refractivity contribution in [2.24, 2.45) is 0 Å². The Hall–Kier alpha value is -1.89. The molecule has 1 aromatic rings. The Morgan fingerprint density at radius 2 is 2.04 bits per heavy atom. The molecule has 0 radical (unpaired) electrons. The highest BCUT2D eigenvalue weighted by molar-refractivity contribution is 7.11. The average molecular weight is 340 g/mol. The molecule has 0 aromatic carbocycles. The van der Waals surface area contributed by atoms with Crippen LogP contribution in [0, 0.1) is 6.92 Å². The van der Waals surface area contributed by atoms with E-state index in [4.69, 9.17) is 5.11 Å². The first kappa shape index (κ1) is 19.2. The van der Waals surface area contributed by atoms with Crippen LogP contribution in [-0.4, -0.2) is 46.9 Å². The molecule has 1 rings (SSSR count). The second-order valence-electron chi connectivity index (χ2n) is 5.45. The molecule has 1 atom stereocenters. The van der Waals surface area contributed by atoms with E-state index in [-0.39, 0.29) is 24.9 Å². The van der Waals surface area contributed by atoms with Gasteiger partial charge in [0.15, 0.2) is 0 Å². The van der Waals surface area contributed by atoms with E-state index < -0.39 is 12.0 Å². The monoisotopic (exact) mass is 340 g/mol. The summed E-state index contributed by atoms with van der Waals surface area (Å²) in [6, 6.07) is 3.20. The van der Waals surface area contributed by atoms with Gasteiger partial charge in [-0.3, -0.25) is 9.59 Å². The van der Waals surface area contributed by atoms with Gasteiger partial charge in [0.25, 0.3) is 0 Å². The van der Waals surface area contributed by atoms with Crippen molar-refractivity contribution in [2.75, 3.05) is 13.1 Å². The molecule has 0 aliphatic carbocycles. The molecule has 1 aromatic heterocycles. The van der Waals surface area contributed by atoms with Crippen molar-refractivity contribution in [3.05, 3.63) is 21.9 Å². The number of carboxylic acid groups (broad SMARTS) is 1. The lowest BCUT2D eigenvalue weighted by Crippen LogP contribution is -2.46. The summed E-state index contributed by atoms with van der Waals surface area (Å²) in [6.45, 7) is 5.36. The Morgan fingerprint density at radius 1 is 1.35 bits per heavy atom. The molecule has 7 heteroatoms. The number of nitrogens with zero attached hydrogens (tertiary/aromatic N) is 1. The molecule has 0 bridgehead atoms. The molecule has 0 fully saturated rings. The van der Waals surface area contributed by atoms with Crippen molar-refractivity contribution in [3.63, 3.8) is 0 Å². The van der Waals surface area contributed by atoms with Crippen molar-refractivity contribution in [2.45, 2.75) is 46.1 Å². The Bertz CT molecular complexity index is 556. The van der Waals surface area contributed by atoms with Gasteiger partial charge in [-0.25, -0.2) is 4.79 Å². The van der Waals surface area contributed by atoms with Gasteiger partial charge in [0, 0.05) is 36.2 Å². The fraction of sp³-hybridized carbons (Fsp3) is 0.562. The Morgan fingerprint density at radius 3 is 2.57 bits per heavy atom. The molecule has 23 heavy (non-hydrogen) atoms. The second kappa shape index (κ2) is 9.29. The number of thiophene rings is 1. The molecule has 0 aliphatic rings. The first-order valence-electron chi connectivity index (χ1n) is 7.63. The van der Waals surface area contributed by atoms with Crippen molar-refractivity contribution in [1.82, 2.24) is 10.2 Å². The number of aliphatic carboxylic acids is 1. The Labute approximate surface area is 140 Å². The van der Waals surface area contributed by atoms with Crippen LogP contribution in [0.25, 0.3) is 0 Å². The fourth-order valence-electron chi connectivity index (χ4n) is 2.20. The average Bonchev–Trinajstić information content (AvgIpc) is 2.88. The van der Waals surface area contributed by atoms with Crippen LogP contribution in [0.1, 0.15) is 36.4 Å². The third kappa shape index (κ3) is 6.81. The molecule has 6 nitrogen and oxygen atoms in total. The maximum absolute atomic E-state index is 12.3. The van der Waals surface area contributed by atoms with Crippen molar-refractivity contribution in [3.8, 4) is 0 Å². The molecule has 1 heterocycles. The van der Waals surface area contributed by atoms with Crippen molar-refractivity contribution >= 4 is 29.1 Å². The third-order valence-electron chi connectivity index (χ3n) is 3.48. The number of hydrogen-bond donors (Lipinski definition) is 2. The topological polar surface area (TPSA) is 86.7 Å². The van der Waals surface area contributed by atoms with Gasteiger partial charge >= 0.3 is 5.97 Å². The summed E-state index contributed by atoms with van der Waals surface area (Å²) in [6.07, 6.45) is 1.79. The molecule has 128 valence electrons. The molecule has 0 saturated carbocycles. The molecular weight excluding hydrogens is 316 g/mol. The molecule has 2 N–H and O–H groups in total. The van der Waals surface area contributed by atoms with E-state index in [1.807, 2.05) is 13.0 Å². The highest BCUT2D eigenvalue weighted by atomic mass is 32.1. The zero-order valence-electron chi connectivity index (χ0n) is 13.8. The van der Waals surface area contributed by atoms with Crippen LogP contribution in [0.2, 0.25) is 0 Å². The summed E-state index contributed by atoms with van der Waals surface area (Å²) < 4.78 is 0. The van der Waals surface area contributed by atoms with Gasteiger partial charge in [-0.1, -0.05) is 0 Å². The molecule has 0 spiro atoms. The molecule has 0 saturated heterocycles. The minimum absolute atomic E-state index is 0.196. The van der Waals surface area contributed by atoms with Crippen LogP contribution in [0.4, 0.5) is 0 Å². The minimum atomic E-state index is -1.05. The van der Waals surface area contributed by atoms with Gasteiger partial charge in [0.05, 0.1) is 0 Å². The predicted molar refractivity (Wildman–Crippen MR) is 89.5 cm³/mol. The number of rotatable bonds is 9. The minimum Gasteiger partial charge on any atom is -0.480 e. The van der Waals surface area contributed by atoms with E-state index in [9.17, 15) is 14.4 Å². The quantitative estimate of drug-likeness (QED) is 0.718. The van der Waals surface area contributed by atoms with Gasteiger partial charge in [-0.2, -0.15) is 0 Å². The SMILES string of the molecule is CC(=O)NCCN(C(=O)CCCc1ccc(C)s1)C(C)C(=O)O. The lowest BCUT2D eigenvalue weighted by Gasteiger charge is -2.26. The summed E-state index contributed by atoms with van der Waals surface area (Å²) in [7, 11) is 0. The largest absolute Gasteiger partial charge is 0.480 e. The number of hydrogen-bond acceptors (Lipinski definition) is 4. The molecular formula is C16H24N2O4S. The zero-order valence-corrected chi connectivity index (χ0v) is 14.6. The summed E-state index contributed by atoms with van der Waals surface area (Å²) in [5.41, 5.74) is 0. The summed E-state index contributed by atoms with van der Waals surface area (Å²) in [5.74, 6) is -1.44. The van der Waals surface area contributed by atoms with E-state index in [2.05, 4.69) is 11.4 Å². The number of carbonyl (C=O) groups is 3. The Kier molecular flexibility index (Phi) is 7.74. The van der Waals surface area contributed by atoms with Gasteiger partial charge in [0.1, 0.15) is 6.04 Å². The van der Waals surface area contributed by atoms with Crippen LogP contribution >= 0.6 is 11.3 Å². The first-order valence-corrected chi connectivity index (χ1v) is 8.45. The maximum atomic E-state index is 12.3. The van der Waals surface area contributed by atoms with Crippen molar-refractivity contribution in [1.29, 1.82) is 0 Å². The van der Waals surface area contributed by atoms with Crippen LogP contribution in [-0.2, 0) is 20.8 Å². The molecule has 1 unspecified atom stereocenters. The standard InChI is InChI=1S/C16H24N2O4S/c1-11-7-8-14(23-11)5-4-6-15(20)18(12(2)16(21)22)10-9-17-13(3)19/h7-8,12H,4-6,9-10H2,1-3H3,(H,17,19)(H,21,22). The first-order chi connectivity index (χ1) is 10.8. The highest BCUT2D eigenvalue weighted by Gasteiger charge is 2.24.